The average molecular weight is 328 g/mol. The number of benzene rings is 1. The molecule has 0 fully saturated rings. The molecule has 24 heavy (non-hydrogen) atoms. The summed E-state index contributed by atoms with van der Waals surface area (Å²) in [5, 5.41) is 6.44. The van der Waals surface area contributed by atoms with Crippen molar-refractivity contribution in [2.45, 2.75) is 38.9 Å². The Morgan fingerprint density at radius 1 is 1.38 bits per heavy atom. The largest absolute Gasteiger partial charge is 0.470 e. The van der Waals surface area contributed by atoms with Gasteiger partial charge in [0.15, 0.2) is 0 Å². The van der Waals surface area contributed by atoms with Gasteiger partial charge in [-0.15, -0.1) is 5.10 Å². The standard InChI is InChI=1S/C20H28N2O2/c1-5-6-7-18(23-4)12-13-19-15-22(3)21-20(24-19)14-17-10-8-16(2)9-11-17/h5-6,8-13,18-19H,7,14-15H2,1-4H3/b6-5-,13-12+. The zero-order valence-electron chi connectivity index (χ0n) is 15.1. The van der Waals surface area contributed by atoms with Crippen LogP contribution in [0.25, 0.3) is 0 Å². The summed E-state index contributed by atoms with van der Waals surface area (Å²) in [4.78, 5) is 0. The fraction of sp³-hybridized carbons (Fsp3) is 0.450. The van der Waals surface area contributed by atoms with Crippen molar-refractivity contribution in [3.8, 4) is 0 Å². The molecule has 1 aliphatic heterocycles. The van der Waals surface area contributed by atoms with Gasteiger partial charge in [-0.3, -0.25) is 5.01 Å². The third-order valence-electron chi connectivity index (χ3n) is 3.94. The number of hydrogen-bond acceptors (Lipinski definition) is 4. The third kappa shape index (κ3) is 5.85. The first kappa shape index (κ1) is 18.3. The number of aryl methyl sites for hydroxylation is 1. The molecule has 2 unspecified atom stereocenters. The minimum Gasteiger partial charge on any atom is -0.470 e. The van der Waals surface area contributed by atoms with E-state index in [4.69, 9.17) is 9.47 Å². The maximum atomic E-state index is 6.04. The Labute approximate surface area is 145 Å². The van der Waals surface area contributed by atoms with Gasteiger partial charge in [0.2, 0.25) is 5.90 Å². The number of rotatable bonds is 7. The Morgan fingerprint density at radius 3 is 2.79 bits per heavy atom. The van der Waals surface area contributed by atoms with Gasteiger partial charge in [-0.05, 0) is 31.9 Å². The van der Waals surface area contributed by atoms with Crippen LogP contribution in [-0.2, 0) is 15.9 Å². The van der Waals surface area contributed by atoms with Crippen LogP contribution in [0.3, 0.4) is 0 Å². The number of likely N-dealkylation sites (N-methyl/N-ethyl adjacent to an activating group) is 1. The number of methoxy groups -OCH3 is 1. The Balaban J connectivity index is 1.97. The van der Waals surface area contributed by atoms with E-state index >= 15 is 0 Å². The van der Waals surface area contributed by atoms with E-state index in [0.29, 0.717) is 6.42 Å². The Hall–Kier alpha value is -2.07. The lowest BCUT2D eigenvalue weighted by Gasteiger charge is -2.28. The molecule has 2 rings (SSSR count). The molecule has 4 nitrogen and oxygen atoms in total. The molecule has 0 bridgehead atoms. The van der Waals surface area contributed by atoms with E-state index in [1.165, 1.54) is 11.1 Å². The second-order valence-corrected chi connectivity index (χ2v) is 6.12. The molecule has 1 heterocycles. The molecule has 0 spiro atoms. The lowest BCUT2D eigenvalue weighted by molar-refractivity contribution is 0.126. The summed E-state index contributed by atoms with van der Waals surface area (Å²) in [7, 11) is 3.71. The molecule has 0 saturated heterocycles. The Bertz CT molecular complexity index is 590. The summed E-state index contributed by atoms with van der Waals surface area (Å²) in [5.41, 5.74) is 2.47. The van der Waals surface area contributed by atoms with Crippen LogP contribution in [0.5, 0.6) is 0 Å². The van der Waals surface area contributed by atoms with E-state index in [1.54, 1.807) is 7.11 Å². The SMILES string of the molecule is C/C=C\CC(/C=C/C1CN(C)N=C(Cc2ccc(C)cc2)O1)OC. The molecule has 0 aromatic heterocycles. The first-order valence-corrected chi connectivity index (χ1v) is 8.43. The molecule has 0 saturated carbocycles. The van der Waals surface area contributed by atoms with Crippen LogP contribution in [0.15, 0.2) is 53.7 Å². The van der Waals surface area contributed by atoms with Crippen LogP contribution in [0.2, 0.25) is 0 Å². The monoisotopic (exact) mass is 328 g/mol. The molecule has 0 N–H and O–H groups in total. The van der Waals surface area contributed by atoms with E-state index in [1.807, 2.05) is 25.1 Å². The van der Waals surface area contributed by atoms with Crippen molar-refractivity contribution < 1.29 is 9.47 Å². The molecule has 0 radical (unpaired) electrons. The molecule has 0 amide bonds. The number of ether oxygens (including phenoxy) is 2. The molecule has 1 aromatic rings. The lowest BCUT2D eigenvalue weighted by atomic mass is 10.1. The van der Waals surface area contributed by atoms with Crippen molar-refractivity contribution in [3.05, 3.63) is 59.7 Å². The summed E-state index contributed by atoms with van der Waals surface area (Å²) in [6.45, 7) is 4.85. The van der Waals surface area contributed by atoms with E-state index in [2.05, 4.69) is 54.5 Å². The normalized spacial score (nSPS) is 19.6. The van der Waals surface area contributed by atoms with Gasteiger partial charge in [0.1, 0.15) is 6.10 Å². The summed E-state index contributed by atoms with van der Waals surface area (Å²) in [5.74, 6) is 0.754. The fourth-order valence-electron chi connectivity index (χ4n) is 2.56. The van der Waals surface area contributed by atoms with Crippen LogP contribution in [0, 0.1) is 6.92 Å². The molecule has 1 aromatic carbocycles. The lowest BCUT2D eigenvalue weighted by Crippen LogP contribution is -2.36. The molecule has 130 valence electrons. The van der Waals surface area contributed by atoms with Crippen molar-refractivity contribution in [1.29, 1.82) is 0 Å². The van der Waals surface area contributed by atoms with Crippen molar-refractivity contribution in [2.75, 3.05) is 20.7 Å². The van der Waals surface area contributed by atoms with Crippen molar-refractivity contribution >= 4 is 5.90 Å². The highest BCUT2D eigenvalue weighted by Gasteiger charge is 2.19. The molecular formula is C20H28N2O2. The van der Waals surface area contributed by atoms with Crippen molar-refractivity contribution in [2.24, 2.45) is 5.10 Å². The summed E-state index contributed by atoms with van der Waals surface area (Å²) >= 11 is 0. The number of nitrogens with zero attached hydrogens (tertiary/aromatic N) is 2. The van der Waals surface area contributed by atoms with Crippen molar-refractivity contribution in [1.82, 2.24) is 5.01 Å². The summed E-state index contributed by atoms with van der Waals surface area (Å²) in [6.07, 6.45) is 9.96. The topological polar surface area (TPSA) is 34.1 Å². The maximum absolute atomic E-state index is 6.04. The van der Waals surface area contributed by atoms with Gasteiger partial charge in [-0.1, -0.05) is 48.1 Å². The van der Waals surface area contributed by atoms with Gasteiger partial charge >= 0.3 is 0 Å². The average Bonchev–Trinajstić information content (AvgIpc) is 2.57. The predicted octanol–water partition coefficient (Wildman–Crippen LogP) is 3.72. The van der Waals surface area contributed by atoms with Gasteiger partial charge < -0.3 is 9.47 Å². The van der Waals surface area contributed by atoms with Crippen LogP contribution < -0.4 is 0 Å². The molecule has 1 aliphatic rings. The second kappa shape index (κ2) is 9.28. The fourth-order valence-corrected chi connectivity index (χ4v) is 2.56. The van der Waals surface area contributed by atoms with Crippen molar-refractivity contribution in [3.63, 3.8) is 0 Å². The van der Waals surface area contributed by atoms with Crippen LogP contribution >= 0.6 is 0 Å². The van der Waals surface area contributed by atoms with E-state index < -0.39 is 0 Å². The third-order valence-corrected chi connectivity index (χ3v) is 3.94. The number of hydrazone groups is 1. The Kier molecular flexibility index (Phi) is 7.07. The second-order valence-electron chi connectivity index (χ2n) is 6.12. The van der Waals surface area contributed by atoms with E-state index in [-0.39, 0.29) is 12.2 Å². The zero-order valence-corrected chi connectivity index (χ0v) is 15.1. The first-order valence-electron chi connectivity index (χ1n) is 8.43. The highest BCUT2D eigenvalue weighted by Crippen LogP contribution is 2.13. The van der Waals surface area contributed by atoms with Crippen LogP contribution in [0.1, 0.15) is 24.5 Å². The molecule has 4 heteroatoms. The number of allylic oxidation sites excluding steroid dienone is 1. The quantitative estimate of drug-likeness (QED) is 0.715. The molecule has 0 aliphatic carbocycles. The van der Waals surface area contributed by atoms with E-state index in [9.17, 15) is 0 Å². The van der Waals surface area contributed by atoms with Gasteiger partial charge in [0, 0.05) is 14.2 Å². The summed E-state index contributed by atoms with van der Waals surface area (Å²) in [6, 6.07) is 8.48. The molecule has 2 atom stereocenters. The maximum Gasteiger partial charge on any atom is 0.211 e. The molecular weight excluding hydrogens is 300 g/mol. The summed E-state index contributed by atoms with van der Waals surface area (Å²) < 4.78 is 11.5. The minimum absolute atomic E-state index is 0.00351. The highest BCUT2D eigenvalue weighted by molar-refractivity contribution is 5.79. The van der Waals surface area contributed by atoms with Crippen LogP contribution in [0.4, 0.5) is 0 Å². The van der Waals surface area contributed by atoms with Gasteiger partial charge in [-0.25, -0.2) is 0 Å². The highest BCUT2D eigenvalue weighted by atomic mass is 16.5. The van der Waals surface area contributed by atoms with Gasteiger partial charge in [0.25, 0.3) is 0 Å². The van der Waals surface area contributed by atoms with Gasteiger partial charge in [-0.2, -0.15) is 0 Å². The van der Waals surface area contributed by atoms with E-state index in [0.717, 1.165) is 18.9 Å². The van der Waals surface area contributed by atoms with Crippen LogP contribution in [-0.4, -0.2) is 43.8 Å². The first-order chi connectivity index (χ1) is 11.6. The Morgan fingerprint density at radius 2 is 2.12 bits per heavy atom. The minimum atomic E-state index is -0.00351. The zero-order chi connectivity index (χ0) is 17.4. The predicted molar refractivity (Wildman–Crippen MR) is 99.2 cm³/mol. The number of hydrogen-bond donors (Lipinski definition) is 0. The van der Waals surface area contributed by atoms with Gasteiger partial charge in [0.05, 0.1) is 19.1 Å². The smallest absolute Gasteiger partial charge is 0.211 e.